The molecule has 0 aliphatic carbocycles. The molecule has 11 heavy (non-hydrogen) atoms. The first-order chi connectivity index (χ1) is 5.36. The first-order valence-electron chi connectivity index (χ1n) is 4.08. The fourth-order valence-corrected chi connectivity index (χ4v) is 1.59. The maximum absolute atomic E-state index is 5.07. The van der Waals surface area contributed by atoms with Gasteiger partial charge < -0.3 is 14.8 Å². The highest BCUT2D eigenvalue weighted by Gasteiger charge is 2.23. The van der Waals surface area contributed by atoms with E-state index < -0.39 is 0 Å². The van der Waals surface area contributed by atoms with Gasteiger partial charge in [0, 0.05) is 26.8 Å². The van der Waals surface area contributed by atoms with Crippen LogP contribution in [-0.2, 0) is 9.47 Å². The molecule has 0 spiro atoms. The second-order valence-corrected chi connectivity index (χ2v) is 3.12. The van der Waals surface area contributed by atoms with E-state index in [1.165, 1.54) is 6.42 Å². The standard InChI is InChI=1S/C8H17NO2/c1-10-5-7-3-8(6-11-2)9-4-7/h7-9H,3-6H2,1-2H3/t7-,8+/m1/s1. The third-order valence-corrected chi connectivity index (χ3v) is 2.08. The summed E-state index contributed by atoms with van der Waals surface area (Å²) in [5.74, 6) is 0.681. The van der Waals surface area contributed by atoms with Crippen LogP contribution in [0.15, 0.2) is 0 Å². The van der Waals surface area contributed by atoms with Crippen molar-refractivity contribution in [3.8, 4) is 0 Å². The fourth-order valence-electron chi connectivity index (χ4n) is 1.59. The number of ether oxygens (including phenoxy) is 2. The summed E-state index contributed by atoms with van der Waals surface area (Å²) in [7, 11) is 3.50. The first kappa shape index (κ1) is 8.97. The Morgan fingerprint density at radius 2 is 2.00 bits per heavy atom. The van der Waals surface area contributed by atoms with Gasteiger partial charge in [-0.3, -0.25) is 0 Å². The maximum Gasteiger partial charge on any atom is 0.0615 e. The summed E-state index contributed by atoms with van der Waals surface area (Å²) in [4.78, 5) is 0. The predicted octanol–water partition coefficient (Wildman–Crippen LogP) is 0.257. The Kier molecular flexibility index (Phi) is 3.83. The van der Waals surface area contributed by atoms with Gasteiger partial charge in [-0.15, -0.1) is 0 Å². The number of rotatable bonds is 4. The quantitative estimate of drug-likeness (QED) is 0.638. The summed E-state index contributed by atoms with van der Waals surface area (Å²) in [5.41, 5.74) is 0. The highest BCUT2D eigenvalue weighted by Crippen LogP contribution is 2.13. The lowest BCUT2D eigenvalue weighted by atomic mass is 10.1. The maximum atomic E-state index is 5.07. The van der Waals surface area contributed by atoms with E-state index in [9.17, 15) is 0 Å². The van der Waals surface area contributed by atoms with Crippen molar-refractivity contribution in [3.63, 3.8) is 0 Å². The van der Waals surface area contributed by atoms with Gasteiger partial charge in [0.2, 0.25) is 0 Å². The van der Waals surface area contributed by atoms with Gasteiger partial charge in [0.1, 0.15) is 0 Å². The molecule has 1 N–H and O–H groups in total. The lowest BCUT2D eigenvalue weighted by Gasteiger charge is -2.08. The monoisotopic (exact) mass is 159 g/mol. The molecule has 0 unspecified atom stereocenters. The van der Waals surface area contributed by atoms with Crippen molar-refractivity contribution in [1.82, 2.24) is 5.32 Å². The lowest BCUT2D eigenvalue weighted by molar-refractivity contribution is 0.149. The van der Waals surface area contributed by atoms with Crippen LogP contribution < -0.4 is 5.32 Å². The molecule has 0 amide bonds. The van der Waals surface area contributed by atoms with Crippen LogP contribution in [0.3, 0.4) is 0 Å². The third kappa shape index (κ3) is 2.77. The molecule has 3 nitrogen and oxygen atoms in total. The highest BCUT2D eigenvalue weighted by atomic mass is 16.5. The van der Waals surface area contributed by atoms with E-state index in [0.29, 0.717) is 12.0 Å². The summed E-state index contributed by atoms with van der Waals surface area (Å²) < 4.78 is 10.1. The van der Waals surface area contributed by atoms with Crippen molar-refractivity contribution in [2.45, 2.75) is 12.5 Å². The summed E-state index contributed by atoms with van der Waals surface area (Å²) in [6.07, 6.45) is 1.18. The lowest BCUT2D eigenvalue weighted by Crippen LogP contribution is -2.25. The normalized spacial score (nSPS) is 31.1. The second-order valence-electron chi connectivity index (χ2n) is 3.12. The van der Waals surface area contributed by atoms with Gasteiger partial charge in [-0.25, -0.2) is 0 Å². The van der Waals surface area contributed by atoms with E-state index in [-0.39, 0.29) is 0 Å². The highest BCUT2D eigenvalue weighted by molar-refractivity contribution is 4.80. The van der Waals surface area contributed by atoms with Gasteiger partial charge in [0.15, 0.2) is 0 Å². The van der Waals surface area contributed by atoms with Crippen molar-refractivity contribution < 1.29 is 9.47 Å². The van der Waals surface area contributed by atoms with Crippen molar-refractivity contribution in [3.05, 3.63) is 0 Å². The Morgan fingerprint density at radius 1 is 1.27 bits per heavy atom. The number of methoxy groups -OCH3 is 2. The summed E-state index contributed by atoms with van der Waals surface area (Å²) in [6.45, 7) is 2.76. The molecule has 2 atom stereocenters. The minimum Gasteiger partial charge on any atom is -0.384 e. The molecule has 0 aromatic rings. The number of nitrogens with one attached hydrogen (secondary N) is 1. The van der Waals surface area contributed by atoms with E-state index in [4.69, 9.17) is 9.47 Å². The van der Waals surface area contributed by atoms with Crippen LogP contribution in [0.2, 0.25) is 0 Å². The van der Waals surface area contributed by atoms with Crippen molar-refractivity contribution in [2.75, 3.05) is 34.0 Å². The van der Waals surface area contributed by atoms with Crippen molar-refractivity contribution in [2.24, 2.45) is 5.92 Å². The Morgan fingerprint density at radius 3 is 2.64 bits per heavy atom. The molecule has 0 bridgehead atoms. The average Bonchev–Trinajstić information content (AvgIpc) is 2.38. The molecule has 1 aliphatic heterocycles. The molecule has 0 aromatic heterocycles. The molecular weight excluding hydrogens is 142 g/mol. The van der Waals surface area contributed by atoms with Crippen LogP contribution in [0.25, 0.3) is 0 Å². The summed E-state index contributed by atoms with van der Waals surface area (Å²) >= 11 is 0. The Bertz CT molecular complexity index is 96.3. The van der Waals surface area contributed by atoms with Gasteiger partial charge >= 0.3 is 0 Å². The first-order valence-corrected chi connectivity index (χ1v) is 4.08. The zero-order valence-corrected chi connectivity index (χ0v) is 7.30. The minimum atomic E-state index is 0.542. The zero-order valence-electron chi connectivity index (χ0n) is 7.30. The third-order valence-electron chi connectivity index (χ3n) is 2.08. The molecule has 1 saturated heterocycles. The van der Waals surface area contributed by atoms with E-state index >= 15 is 0 Å². The molecule has 0 aromatic carbocycles. The molecule has 1 rings (SSSR count). The zero-order chi connectivity index (χ0) is 8.10. The molecule has 3 heteroatoms. The fraction of sp³-hybridized carbons (Fsp3) is 1.00. The smallest absolute Gasteiger partial charge is 0.0615 e. The van der Waals surface area contributed by atoms with E-state index in [0.717, 1.165) is 19.8 Å². The predicted molar refractivity (Wildman–Crippen MR) is 43.6 cm³/mol. The van der Waals surface area contributed by atoms with Crippen molar-refractivity contribution >= 4 is 0 Å². The average molecular weight is 159 g/mol. The second kappa shape index (κ2) is 4.70. The molecule has 1 heterocycles. The number of hydrogen-bond acceptors (Lipinski definition) is 3. The van der Waals surface area contributed by atoms with Gasteiger partial charge in [-0.2, -0.15) is 0 Å². The molecule has 0 radical (unpaired) electrons. The van der Waals surface area contributed by atoms with Crippen LogP contribution in [0.4, 0.5) is 0 Å². The largest absolute Gasteiger partial charge is 0.384 e. The van der Waals surface area contributed by atoms with Crippen LogP contribution in [0.1, 0.15) is 6.42 Å². The van der Waals surface area contributed by atoms with Crippen LogP contribution in [0, 0.1) is 5.92 Å². The van der Waals surface area contributed by atoms with Crippen LogP contribution in [0.5, 0.6) is 0 Å². The minimum absolute atomic E-state index is 0.542. The van der Waals surface area contributed by atoms with Crippen LogP contribution >= 0.6 is 0 Å². The molecular formula is C8H17NO2. The van der Waals surface area contributed by atoms with Gasteiger partial charge in [-0.1, -0.05) is 0 Å². The van der Waals surface area contributed by atoms with E-state index in [2.05, 4.69) is 5.32 Å². The molecule has 1 fully saturated rings. The van der Waals surface area contributed by atoms with Gasteiger partial charge in [0.25, 0.3) is 0 Å². The Hall–Kier alpha value is -0.120. The van der Waals surface area contributed by atoms with Crippen molar-refractivity contribution in [1.29, 1.82) is 0 Å². The van der Waals surface area contributed by atoms with Gasteiger partial charge in [0.05, 0.1) is 13.2 Å². The number of hydrogen-bond donors (Lipinski definition) is 1. The molecule has 0 saturated carbocycles. The van der Waals surface area contributed by atoms with E-state index in [1.807, 2.05) is 0 Å². The summed E-state index contributed by atoms with van der Waals surface area (Å²) in [5, 5.41) is 3.39. The van der Waals surface area contributed by atoms with Crippen LogP contribution in [-0.4, -0.2) is 40.0 Å². The summed E-state index contributed by atoms with van der Waals surface area (Å²) in [6, 6.07) is 0.542. The Balaban J connectivity index is 2.12. The van der Waals surface area contributed by atoms with Gasteiger partial charge in [-0.05, 0) is 12.3 Å². The SMILES string of the molecule is COC[C@H]1CN[C@H](COC)C1. The topological polar surface area (TPSA) is 30.5 Å². The molecule has 66 valence electrons. The molecule has 1 aliphatic rings. The Labute approximate surface area is 68.1 Å². The van der Waals surface area contributed by atoms with E-state index in [1.54, 1.807) is 14.2 Å².